The van der Waals surface area contributed by atoms with Crippen LogP contribution in [0.2, 0.25) is 0 Å². The molecule has 0 spiro atoms. The second-order valence-electron chi connectivity index (χ2n) is 10.2. The van der Waals surface area contributed by atoms with Gasteiger partial charge >= 0.3 is 7.12 Å². The van der Waals surface area contributed by atoms with E-state index in [2.05, 4.69) is 61.2 Å². The zero-order valence-corrected chi connectivity index (χ0v) is 24.9. The molecule has 1 fully saturated rings. The Balaban J connectivity index is 0.000000157. The van der Waals surface area contributed by atoms with Crippen LogP contribution in [-0.4, -0.2) is 30.9 Å². The van der Waals surface area contributed by atoms with Crippen LogP contribution < -0.4 is 0 Å². The molecule has 0 saturated carbocycles. The van der Waals surface area contributed by atoms with Crippen molar-refractivity contribution in [1.29, 1.82) is 0 Å². The smallest absolute Gasteiger partial charge is 0.400 e. The lowest BCUT2D eigenvalue weighted by Gasteiger charge is -2.32. The van der Waals surface area contributed by atoms with Crippen molar-refractivity contribution in [3.05, 3.63) is 60.3 Å². The summed E-state index contributed by atoms with van der Waals surface area (Å²) in [6.07, 6.45) is 16.2. The molecule has 3 heterocycles. The maximum Gasteiger partial charge on any atom is 0.490 e. The summed E-state index contributed by atoms with van der Waals surface area (Å²) in [6, 6.07) is 3.78. The molecular formula is C28H36BBrO4S2. The van der Waals surface area contributed by atoms with E-state index in [1.165, 1.54) is 84.2 Å². The van der Waals surface area contributed by atoms with Gasteiger partial charge in [-0.1, -0.05) is 12.2 Å². The maximum atomic E-state index is 10.5. The SMILES string of the molecule is CC1(C)OB(C2=CCCCC2)OC1(C)C.O=Cc1cc(Br)cs1.O=Cc1cc(C2=CCCCC2)cs1. The minimum atomic E-state index is -0.198. The first-order chi connectivity index (χ1) is 17.1. The van der Waals surface area contributed by atoms with Crippen molar-refractivity contribution in [2.75, 3.05) is 0 Å². The molecule has 0 bridgehead atoms. The average molecular weight is 591 g/mol. The number of thiophene rings is 2. The van der Waals surface area contributed by atoms with E-state index in [1.807, 2.05) is 11.4 Å². The Kier molecular flexibility index (Phi) is 10.9. The Morgan fingerprint density at radius 1 is 0.833 bits per heavy atom. The summed E-state index contributed by atoms with van der Waals surface area (Å²) in [5, 5.41) is 3.96. The Morgan fingerprint density at radius 2 is 1.42 bits per heavy atom. The van der Waals surface area contributed by atoms with E-state index in [1.54, 1.807) is 6.07 Å². The minimum Gasteiger partial charge on any atom is -0.400 e. The van der Waals surface area contributed by atoms with Gasteiger partial charge in [0.15, 0.2) is 12.6 Å². The fraction of sp³-hybridized carbons (Fsp3) is 0.500. The van der Waals surface area contributed by atoms with Crippen molar-refractivity contribution in [2.45, 2.75) is 90.3 Å². The summed E-state index contributed by atoms with van der Waals surface area (Å²) in [5.41, 5.74) is 3.63. The Morgan fingerprint density at radius 3 is 1.86 bits per heavy atom. The highest BCUT2D eigenvalue weighted by Gasteiger charge is 2.52. The van der Waals surface area contributed by atoms with Gasteiger partial charge in [-0.2, -0.15) is 0 Å². The third-order valence-electron chi connectivity index (χ3n) is 6.98. The van der Waals surface area contributed by atoms with Gasteiger partial charge in [-0.3, -0.25) is 9.59 Å². The summed E-state index contributed by atoms with van der Waals surface area (Å²) in [4.78, 5) is 22.1. The molecule has 4 nitrogen and oxygen atoms in total. The zero-order chi connectivity index (χ0) is 26.2. The molecular weight excluding hydrogens is 555 g/mol. The second kappa shape index (κ2) is 13.5. The summed E-state index contributed by atoms with van der Waals surface area (Å²) in [5.74, 6) is 0. The molecule has 8 heteroatoms. The minimum absolute atomic E-state index is 0.102. The lowest BCUT2D eigenvalue weighted by molar-refractivity contribution is 0.00578. The molecule has 1 saturated heterocycles. The zero-order valence-electron chi connectivity index (χ0n) is 21.7. The van der Waals surface area contributed by atoms with E-state index in [9.17, 15) is 9.59 Å². The Hall–Kier alpha value is -1.32. The number of hydrogen-bond donors (Lipinski definition) is 0. The third-order valence-corrected chi connectivity index (χ3v) is 9.46. The molecule has 0 radical (unpaired) electrons. The number of halogens is 1. The third kappa shape index (κ3) is 8.09. The molecule has 36 heavy (non-hydrogen) atoms. The standard InChI is InChI=1S/C12H21BO2.C11H12OS.C5H3BrOS/c1-11(2)12(3,4)15-13(14-11)10-8-6-5-7-9-10;12-7-11-6-10(8-13-11)9-4-2-1-3-5-9;6-4-1-5(2-7)8-3-4/h8H,5-7,9H2,1-4H3;4,6-8H,1-3,5H2;1-3H. The van der Waals surface area contributed by atoms with E-state index in [4.69, 9.17) is 9.31 Å². The summed E-state index contributed by atoms with van der Waals surface area (Å²) in [7, 11) is -0.102. The Bertz CT molecular complexity index is 1070. The molecule has 0 aromatic carbocycles. The van der Waals surface area contributed by atoms with Gasteiger partial charge in [-0.05, 0) is 129 Å². The lowest BCUT2D eigenvalue weighted by atomic mass is 9.73. The fourth-order valence-electron chi connectivity index (χ4n) is 4.14. The highest BCUT2D eigenvalue weighted by Crippen LogP contribution is 2.40. The molecule has 1 aliphatic heterocycles. The van der Waals surface area contributed by atoms with Crippen LogP contribution in [0.25, 0.3) is 5.57 Å². The van der Waals surface area contributed by atoms with Crippen LogP contribution in [0.4, 0.5) is 0 Å². The molecule has 194 valence electrons. The molecule has 2 aromatic rings. The first-order valence-corrected chi connectivity index (χ1v) is 15.2. The van der Waals surface area contributed by atoms with E-state index < -0.39 is 0 Å². The molecule has 0 N–H and O–H groups in total. The second-order valence-corrected chi connectivity index (χ2v) is 13.0. The largest absolute Gasteiger partial charge is 0.490 e. The first kappa shape index (κ1) is 29.2. The van der Waals surface area contributed by atoms with Crippen LogP contribution in [0.15, 0.2) is 45.0 Å². The van der Waals surface area contributed by atoms with Crippen LogP contribution in [-0.2, 0) is 9.31 Å². The molecule has 5 rings (SSSR count). The van der Waals surface area contributed by atoms with Gasteiger partial charge in [0.05, 0.1) is 21.0 Å². The van der Waals surface area contributed by atoms with Crippen LogP contribution in [0, 0.1) is 0 Å². The lowest BCUT2D eigenvalue weighted by Crippen LogP contribution is -2.41. The van der Waals surface area contributed by atoms with Gasteiger partial charge in [0, 0.05) is 9.85 Å². The van der Waals surface area contributed by atoms with Crippen molar-refractivity contribution in [3.63, 3.8) is 0 Å². The van der Waals surface area contributed by atoms with Gasteiger partial charge in [0.25, 0.3) is 0 Å². The van der Waals surface area contributed by atoms with Crippen molar-refractivity contribution in [1.82, 2.24) is 0 Å². The summed E-state index contributed by atoms with van der Waals surface area (Å²) >= 11 is 6.19. The number of rotatable bonds is 4. The monoisotopic (exact) mass is 590 g/mol. The first-order valence-electron chi connectivity index (χ1n) is 12.6. The van der Waals surface area contributed by atoms with Gasteiger partial charge in [-0.15, -0.1) is 22.7 Å². The predicted molar refractivity (Wildman–Crippen MR) is 156 cm³/mol. The van der Waals surface area contributed by atoms with Crippen molar-refractivity contribution in [2.24, 2.45) is 0 Å². The van der Waals surface area contributed by atoms with Crippen LogP contribution >= 0.6 is 38.6 Å². The normalized spacial score (nSPS) is 20.2. The molecule has 2 aliphatic carbocycles. The van der Waals surface area contributed by atoms with E-state index in [0.717, 1.165) is 33.2 Å². The quantitative estimate of drug-likeness (QED) is 0.263. The van der Waals surface area contributed by atoms with Gasteiger partial charge in [0.1, 0.15) is 0 Å². The van der Waals surface area contributed by atoms with E-state index in [-0.39, 0.29) is 18.3 Å². The highest BCUT2D eigenvalue weighted by atomic mass is 79.9. The Labute approximate surface area is 232 Å². The molecule has 0 amide bonds. The number of hydrogen-bond acceptors (Lipinski definition) is 6. The number of carbonyl (C=O) groups excluding carboxylic acids is 2. The maximum absolute atomic E-state index is 10.5. The molecule has 3 aliphatic rings. The van der Waals surface area contributed by atoms with Gasteiger partial charge in [0.2, 0.25) is 0 Å². The number of carbonyl (C=O) groups is 2. The number of aldehydes is 2. The van der Waals surface area contributed by atoms with Crippen molar-refractivity contribution in [3.8, 4) is 0 Å². The predicted octanol–water partition coefficient (Wildman–Crippen LogP) is 8.96. The van der Waals surface area contributed by atoms with Crippen LogP contribution in [0.1, 0.15) is 104 Å². The van der Waals surface area contributed by atoms with Crippen LogP contribution in [0.3, 0.4) is 0 Å². The summed E-state index contributed by atoms with van der Waals surface area (Å²) in [6.45, 7) is 8.43. The van der Waals surface area contributed by atoms with Crippen LogP contribution in [0.5, 0.6) is 0 Å². The topological polar surface area (TPSA) is 52.6 Å². The van der Waals surface area contributed by atoms with E-state index in [0.29, 0.717) is 0 Å². The number of allylic oxidation sites excluding steroid dienone is 4. The average Bonchev–Trinajstić information content (AvgIpc) is 3.58. The van der Waals surface area contributed by atoms with Gasteiger partial charge < -0.3 is 9.31 Å². The molecule has 0 atom stereocenters. The van der Waals surface area contributed by atoms with E-state index >= 15 is 0 Å². The highest BCUT2D eigenvalue weighted by molar-refractivity contribution is 9.10. The van der Waals surface area contributed by atoms with Crippen molar-refractivity contribution < 1.29 is 18.9 Å². The van der Waals surface area contributed by atoms with Gasteiger partial charge in [-0.25, -0.2) is 0 Å². The summed E-state index contributed by atoms with van der Waals surface area (Å²) < 4.78 is 13.0. The fourth-order valence-corrected chi connectivity index (χ4v) is 6.12. The van der Waals surface area contributed by atoms with Crippen molar-refractivity contribution >= 4 is 63.9 Å². The molecule has 0 unspecified atom stereocenters. The molecule has 2 aromatic heterocycles.